The van der Waals surface area contributed by atoms with Gasteiger partial charge >= 0.3 is 0 Å². The lowest BCUT2D eigenvalue weighted by atomic mass is 9.98. The van der Waals surface area contributed by atoms with Crippen LogP contribution in [0.2, 0.25) is 0 Å². The van der Waals surface area contributed by atoms with Crippen LogP contribution in [-0.2, 0) is 4.79 Å². The van der Waals surface area contributed by atoms with Gasteiger partial charge in [-0.3, -0.25) is 4.79 Å². The number of hydrogen-bond donors (Lipinski definition) is 2. The first kappa shape index (κ1) is 10.7. The summed E-state index contributed by atoms with van der Waals surface area (Å²) in [6, 6.07) is 4.00. The van der Waals surface area contributed by atoms with Gasteiger partial charge < -0.3 is 10.3 Å². The summed E-state index contributed by atoms with van der Waals surface area (Å²) in [6.07, 6.45) is 2.82. The minimum absolute atomic E-state index is 0.0181. The molecule has 0 saturated heterocycles. The number of benzene rings is 1. The molecule has 1 unspecified atom stereocenters. The van der Waals surface area contributed by atoms with Gasteiger partial charge in [0, 0.05) is 5.69 Å². The van der Waals surface area contributed by atoms with Gasteiger partial charge in [-0.2, -0.15) is 0 Å². The minimum Gasteiger partial charge on any atom is -0.333 e. The Bertz CT molecular complexity index is 605. The van der Waals surface area contributed by atoms with Crippen LogP contribution < -0.4 is 5.32 Å². The highest BCUT2D eigenvalue weighted by Gasteiger charge is 2.29. The van der Waals surface area contributed by atoms with Crippen molar-refractivity contribution in [3.8, 4) is 0 Å². The fraction of sp³-hybridized carbons (Fsp3) is 0.333. The van der Waals surface area contributed by atoms with Gasteiger partial charge in [0.2, 0.25) is 5.91 Å². The van der Waals surface area contributed by atoms with Crippen LogP contribution in [0, 0.1) is 0 Å². The van der Waals surface area contributed by atoms with E-state index in [0.717, 1.165) is 33.9 Å². The second-order valence-electron chi connectivity index (χ2n) is 4.15. The van der Waals surface area contributed by atoms with Crippen molar-refractivity contribution in [3.63, 3.8) is 0 Å². The van der Waals surface area contributed by atoms with Crippen molar-refractivity contribution >= 4 is 34.4 Å². The summed E-state index contributed by atoms with van der Waals surface area (Å²) in [7, 11) is 0. The van der Waals surface area contributed by atoms with E-state index in [1.807, 2.05) is 25.3 Å². The Labute approximate surface area is 103 Å². The van der Waals surface area contributed by atoms with Crippen LogP contribution >= 0.6 is 11.8 Å². The highest BCUT2D eigenvalue weighted by Crippen LogP contribution is 2.37. The van der Waals surface area contributed by atoms with Gasteiger partial charge in [-0.05, 0) is 30.4 Å². The lowest BCUT2D eigenvalue weighted by molar-refractivity contribution is -0.117. The first-order chi connectivity index (χ1) is 8.22. The molecule has 3 rings (SSSR count). The zero-order chi connectivity index (χ0) is 12.0. The van der Waals surface area contributed by atoms with Crippen LogP contribution in [0.3, 0.4) is 0 Å². The van der Waals surface area contributed by atoms with Crippen LogP contribution in [-0.4, -0.2) is 22.1 Å². The maximum atomic E-state index is 11.7. The molecule has 2 heterocycles. The number of nitrogens with zero attached hydrogens (tertiary/aromatic N) is 1. The van der Waals surface area contributed by atoms with E-state index >= 15 is 0 Å². The van der Waals surface area contributed by atoms with E-state index in [1.165, 1.54) is 0 Å². The summed E-state index contributed by atoms with van der Waals surface area (Å²) < 4.78 is 0. The quantitative estimate of drug-likeness (QED) is 0.802. The van der Waals surface area contributed by atoms with Crippen molar-refractivity contribution in [2.45, 2.75) is 24.4 Å². The second-order valence-corrected chi connectivity index (χ2v) is 4.95. The molecule has 1 atom stereocenters. The van der Waals surface area contributed by atoms with E-state index < -0.39 is 0 Å². The number of nitrogens with one attached hydrogen (secondary N) is 2. The van der Waals surface area contributed by atoms with Crippen molar-refractivity contribution in [2.24, 2.45) is 0 Å². The topological polar surface area (TPSA) is 57.8 Å². The lowest BCUT2D eigenvalue weighted by Crippen LogP contribution is -2.10. The number of hydrogen-bond acceptors (Lipinski definition) is 3. The van der Waals surface area contributed by atoms with Crippen LogP contribution in [0.25, 0.3) is 11.0 Å². The Balaban J connectivity index is 2.18. The molecule has 0 spiro atoms. The van der Waals surface area contributed by atoms with E-state index in [0.29, 0.717) is 0 Å². The van der Waals surface area contributed by atoms with E-state index in [2.05, 4.69) is 15.3 Å². The highest BCUT2D eigenvalue weighted by molar-refractivity contribution is 7.98. The largest absolute Gasteiger partial charge is 0.333 e. The van der Waals surface area contributed by atoms with Crippen LogP contribution in [0.5, 0.6) is 0 Å². The summed E-state index contributed by atoms with van der Waals surface area (Å²) in [5, 5.41) is 3.82. The molecule has 88 valence electrons. The third-order valence-electron chi connectivity index (χ3n) is 3.18. The number of aromatic nitrogens is 2. The molecule has 1 aliphatic rings. The predicted molar refractivity (Wildman–Crippen MR) is 69.5 cm³/mol. The van der Waals surface area contributed by atoms with E-state index in [9.17, 15) is 4.79 Å². The van der Waals surface area contributed by atoms with E-state index in [4.69, 9.17) is 0 Å². The predicted octanol–water partition coefficient (Wildman–Crippen LogP) is 2.73. The number of carbonyl (C=O) groups is 1. The number of H-pyrrole nitrogens is 1. The molecule has 4 nitrogen and oxygen atoms in total. The fourth-order valence-corrected chi connectivity index (χ4v) is 2.71. The molecule has 5 heteroatoms. The highest BCUT2D eigenvalue weighted by atomic mass is 32.2. The first-order valence-electron chi connectivity index (χ1n) is 5.61. The number of amides is 1. The summed E-state index contributed by atoms with van der Waals surface area (Å²) >= 11 is 1.58. The standard InChI is InChI=1S/C12H13N3OS/c1-3-6-7-4-9-10(15-12(14-9)17-2)5-8(7)13-11(6)16/h4-6H,3H2,1-2H3,(H,13,16)(H,14,15). The number of fused-ring (bicyclic) bond motifs is 2. The first-order valence-corrected chi connectivity index (χ1v) is 6.84. The number of thioether (sulfide) groups is 1. The number of aromatic amines is 1. The van der Waals surface area contributed by atoms with Crippen molar-refractivity contribution in [2.75, 3.05) is 11.6 Å². The molecule has 0 radical (unpaired) electrons. The third-order valence-corrected chi connectivity index (χ3v) is 3.76. The Morgan fingerprint density at radius 3 is 3.00 bits per heavy atom. The van der Waals surface area contributed by atoms with Crippen LogP contribution in [0.4, 0.5) is 5.69 Å². The third kappa shape index (κ3) is 1.53. The molecular formula is C12H13N3OS. The molecule has 0 fully saturated rings. The number of imidazole rings is 1. The molecule has 0 bridgehead atoms. The monoisotopic (exact) mass is 247 g/mol. The smallest absolute Gasteiger partial charge is 0.231 e. The summed E-state index contributed by atoms with van der Waals surface area (Å²) in [5.74, 6) is 0.0793. The molecule has 1 aliphatic heterocycles. The molecule has 1 aromatic heterocycles. The van der Waals surface area contributed by atoms with Gasteiger partial charge in [-0.15, -0.1) is 0 Å². The van der Waals surface area contributed by atoms with Gasteiger partial charge in [0.05, 0.1) is 17.0 Å². The molecule has 1 amide bonds. The molecule has 0 aliphatic carbocycles. The molecule has 2 N–H and O–H groups in total. The van der Waals surface area contributed by atoms with Gasteiger partial charge in [-0.1, -0.05) is 18.7 Å². The van der Waals surface area contributed by atoms with Gasteiger partial charge in [0.25, 0.3) is 0 Å². The average Bonchev–Trinajstić information content (AvgIpc) is 2.84. The zero-order valence-corrected chi connectivity index (χ0v) is 10.5. The Morgan fingerprint density at radius 1 is 1.47 bits per heavy atom. The number of carbonyl (C=O) groups excluding carboxylic acids is 1. The van der Waals surface area contributed by atoms with Crippen molar-refractivity contribution in [3.05, 3.63) is 17.7 Å². The molecule has 1 aromatic carbocycles. The van der Waals surface area contributed by atoms with Crippen LogP contribution in [0.1, 0.15) is 24.8 Å². The number of rotatable bonds is 2. The van der Waals surface area contributed by atoms with Crippen LogP contribution in [0.15, 0.2) is 17.3 Å². The molecule has 0 saturated carbocycles. The lowest BCUT2D eigenvalue weighted by Gasteiger charge is -2.03. The Kier molecular flexibility index (Phi) is 2.36. The molecule has 2 aromatic rings. The summed E-state index contributed by atoms with van der Waals surface area (Å²) in [4.78, 5) is 19.4. The summed E-state index contributed by atoms with van der Waals surface area (Å²) in [6.45, 7) is 2.03. The van der Waals surface area contributed by atoms with Gasteiger partial charge in [-0.25, -0.2) is 4.98 Å². The number of anilines is 1. The van der Waals surface area contributed by atoms with Crippen molar-refractivity contribution < 1.29 is 4.79 Å². The van der Waals surface area contributed by atoms with Gasteiger partial charge in [0.1, 0.15) is 0 Å². The van der Waals surface area contributed by atoms with E-state index in [1.54, 1.807) is 11.8 Å². The minimum atomic E-state index is -0.0181. The second kappa shape index (κ2) is 3.77. The Morgan fingerprint density at radius 2 is 2.29 bits per heavy atom. The maximum absolute atomic E-state index is 11.7. The van der Waals surface area contributed by atoms with E-state index in [-0.39, 0.29) is 11.8 Å². The SMILES string of the molecule is CCC1C(=O)Nc2cc3nc(SC)[nH]c3cc21. The molecular weight excluding hydrogens is 234 g/mol. The van der Waals surface area contributed by atoms with Crippen molar-refractivity contribution in [1.29, 1.82) is 0 Å². The summed E-state index contributed by atoms with van der Waals surface area (Å²) in [5.41, 5.74) is 3.91. The molecule has 17 heavy (non-hydrogen) atoms. The normalized spacial score (nSPS) is 18.5. The zero-order valence-electron chi connectivity index (χ0n) is 9.70. The van der Waals surface area contributed by atoms with Gasteiger partial charge in [0.15, 0.2) is 5.16 Å². The van der Waals surface area contributed by atoms with Crippen molar-refractivity contribution in [1.82, 2.24) is 9.97 Å². The maximum Gasteiger partial charge on any atom is 0.231 e. The fourth-order valence-electron chi connectivity index (χ4n) is 2.31. The Hall–Kier alpha value is -1.49. The average molecular weight is 247 g/mol.